The highest BCUT2D eigenvalue weighted by Crippen LogP contribution is 2.42. The number of rotatable bonds is 9. The van der Waals surface area contributed by atoms with Gasteiger partial charge in [-0.25, -0.2) is 18.3 Å². The lowest BCUT2D eigenvalue weighted by Gasteiger charge is -2.36. The number of piperazine rings is 1. The van der Waals surface area contributed by atoms with E-state index in [0.29, 0.717) is 55.0 Å². The van der Waals surface area contributed by atoms with E-state index in [2.05, 4.69) is 25.9 Å². The molecule has 266 valence electrons. The molecule has 17 heteroatoms. The molecule has 4 atom stereocenters. The van der Waals surface area contributed by atoms with Gasteiger partial charge in [0, 0.05) is 70.1 Å². The van der Waals surface area contributed by atoms with Crippen molar-refractivity contribution in [2.24, 2.45) is 23.7 Å². The van der Waals surface area contributed by atoms with E-state index in [9.17, 15) is 31.5 Å². The fourth-order valence-electron chi connectivity index (χ4n) is 7.57. The fourth-order valence-corrected chi connectivity index (χ4v) is 7.57. The first-order valence-corrected chi connectivity index (χ1v) is 17.2. The number of aryl methyl sites for hydroxylation is 1. The Bertz CT molecular complexity index is 1680. The number of aromatic nitrogens is 6. The van der Waals surface area contributed by atoms with Crippen molar-refractivity contribution in [1.82, 2.24) is 45.3 Å². The minimum absolute atomic E-state index is 0.0545. The molecule has 2 aliphatic heterocycles. The zero-order valence-electron chi connectivity index (χ0n) is 27.2. The third-order valence-corrected chi connectivity index (χ3v) is 10.5. The number of carbonyl (C=O) groups excluding carboxylic acids is 2. The summed E-state index contributed by atoms with van der Waals surface area (Å²) in [5.41, 5.74) is 1.09. The Hall–Kier alpha value is -3.89. The SMILES string of the molecule is CCn1nccc1C(=O)N[C@H](c1cn2nc(C[C@H]3C[C@@H](C(F)(F)F)CNC3=O)c(N3CCNC(C4CC4)C3)nc2n1)C1CCC(F)(F)CC1. The molecule has 0 radical (unpaired) electrons. The number of alkyl halides is 5. The van der Waals surface area contributed by atoms with Gasteiger partial charge in [-0.2, -0.15) is 28.4 Å². The average molecular weight is 693 g/mol. The molecule has 5 heterocycles. The predicted molar refractivity (Wildman–Crippen MR) is 167 cm³/mol. The van der Waals surface area contributed by atoms with Gasteiger partial charge in [-0.3, -0.25) is 14.3 Å². The maximum Gasteiger partial charge on any atom is 0.393 e. The van der Waals surface area contributed by atoms with Crippen LogP contribution >= 0.6 is 0 Å². The Morgan fingerprint density at radius 3 is 2.65 bits per heavy atom. The molecule has 4 aliphatic rings. The van der Waals surface area contributed by atoms with Gasteiger partial charge >= 0.3 is 6.18 Å². The normalized spacial score (nSPS) is 25.7. The van der Waals surface area contributed by atoms with Gasteiger partial charge in [0.05, 0.1) is 23.9 Å². The molecule has 3 aromatic rings. The van der Waals surface area contributed by atoms with Gasteiger partial charge in [-0.05, 0) is 56.9 Å². The van der Waals surface area contributed by atoms with Gasteiger partial charge < -0.3 is 20.9 Å². The fraction of sp³-hybridized carbons (Fsp3) is 0.688. The smallest absolute Gasteiger partial charge is 0.355 e. The number of fused-ring (bicyclic) bond motifs is 1. The summed E-state index contributed by atoms with van der Waals surface area (Å²) in [6.07, 6.45) is 0.181. The summed E-state index contributed by atoms with van der Waals surface area (Å²) >= 11 is 0. The Kier molecular flexibility index (Phi) is 8.98. The van der Waals surface area contributed by atoms with Crippen LogP contribution in [0.3, 0.4) is 0 Å². The van der Waals surface area contributed by atoms with Crippen LogP contribution in [0.2, 0.25) is 0 Å². The summed E-state index contributed by atoms with van der Waals surface area (Å²) in [7, 11) is 0. The van der Waals surface area contributed by atoms with Crippen molar-refractivity contribution < 1.29 is 31.5 Å². The highest BCUT2D eigenvalue weighted by atomic mass is 19.4. The van der Waals surface area contributed by atoms with Gasteiger partial charge in [0.25, 0.3) is 11.7 Å². The lowest BCUT2D eigenvalue weighted by atomic mass is 9.81. The zero-order valence-corrected chi connectivity index (χ0v) is 27.2. The molecule has 3 N–H and O–H groups in total. The molecule has 4 fully saturated rings. The molecule has 0 spiro atoms. The number of anilines is 1. The van der Waals surface area contributed by atoms with Crippen molar-refractivity contribution in [3.05, 3.63) is 35.5 Å². The molecular formula is C32H41F5N10O2. The van der Waals surface area contributed by atoms with E-state index in [-0.39, 0.29) is 56.3 Å². The van der Waals surface area contributed by atoms with Crippen LogP contribution in [0.15, 0.2) is 18.5 Å². The first kappa shape index (κ1) is 33.6. The monoisotopic (exact) mass is 692 g/mol. The van der Waals surface area contributed by atoms with Crippen molar-refractivity contribution in [2.75, 3.05) is 31.1 Å². The van der Waals surface area contributed by atoms with Crippen LogP contribution in [-0.4, -0.2) is 85.5 Å². The van der Waals surface area contributed by atoms with Gasteiger partial charge in [0.2, 0.25) is 11.8 Å². The molecule has 2 saturated carbocycles. The van der Waals surface area contributed by atoms with Crippen LogP contribution in [0.4, 0.5) is 27.8 Å². The van der Waals surface area contributed by atoms with Gasteiger partial charge in [0.15, 0.2) is 5.82 Å². The molecule has 7 rings (SSSR count). The molecule has 12 nitrogen and oxygen atoms in total. The maximum absolute atomic E-state index is 14.2. The number of hydrogen-bond donors (Lipinski definition) is 3. The van der Waals surface area contributed by atoms with Crippen LogP contribution in [0, 0.1) is 23.7 Å². The zero-order chi connectivity index (χ0) is 34.5. The predicted octanol–water partition coefficient (Wildman–Crippen LogP) is 3.68. The van der Waals surface area contributed by atoms with E-state index >= 15 is 0 Å². The maximum atomic E-state index is 14.2. The molecule has 2 saturated heterocycles. The minimum atomic E-state index is -4.45. The highest BCUT2D eigenvalue weighted by Gasteiger charge is 2.45. The summed E-state index contributed by atoms with van der Waals surface area (Å²) < 4.78 is 72.5. The number of halogens is 5. The molecular weight excluding hydrogens is 651 g/mol. The lowest BCUT2D eigenvalue weighted by Crippen LogP contribution is -2.52. The number of hydrogen-bond acceptors (Lipinski definition) is 8. The molecule has 0 aromatic carbocycles. The van der Waals surface area contributed by atoms with Crippen molar-refractivity contribution in [3.63, 3.8) is 0 Å². The number of imidazole rings is 1. The van der Waals surface area contributed by atoms with Crippen molar-refractivity contribution in [3.8, 4) is 0 Å². The summed E-state index contributed by atoms with van der Waals surface area (Å²) in [6, 6.07) is 1.07. The second-order valence-electron chi connectivity index (χ2n) is 13.9. The quantitative estimate of drug-likeness (QED) is 0.290. The second kappa shape index (κ2) is 13.1. The molecule has 2 amide bonds. The van der Waals surface area contributed by atoms with Gasteiger partial charge in [0.1, 0.15) is 11.4 Å². The summed E-state index contributed by atoms with van der Waals surface area (Å²) in [4.78, 5) is 38.1. The Morgan fingerprint density at radius 1 is 1.16 bits per heavy atom. The van der Waals surface area contributed by atoms with Crippen molar-refractivity contribution in [2.45, 2.75) is 89.0 Å². The topological polar surface area (TPSA) is 134 Å². The van der Waals surface area contributed by atoms with Crippen molar-refractivity contribution in [1.29, 1.82) is 0 Å². The number of amides is 2. The van der Waals surface area contributed by atoms with Gasteiger partial charge in [-0.1, -0.05) is 0 Å². The van der Waals surface area contributed by atoms with E-state index in [0.717, 1.165) is 12.8 Å². The largest absolute Gasteiger partial charge is 0.393 e. The van der Waals surface area contributed by atoms with E-state index < -0.39 is 48.3 Å². The summed E-state index contributed by atoms with van der Waals surface area (Å²) in [5, 5.41) is 18.0. The third kappa shape index (κ3) is 7.22. The molecule has 0 bridgehead atoms. The summed E-state index contributed by atoms with van der Waals surface area (Å²) in [5.74, 6) is -5.43. The van der Waals surface area contributed by atoms with E-state index in [1.807, 2.05) is 6.92 Å². The van der Waals surface area contributed by atoms with Crippen LogP contribution < -0.4 is 20.9 Å². The second-order valence-corrected chi connectivity index (χ2v) is 13.9. The highest BCUT2D eigenvalue weighted by molar-refractivity contribution is 5.92. The lowest BCUT2D eigenvalue weighted by molar-refractivity contribution is -0.183. The average Bonchev–Trinajstić information content (AvgIpc) is 3.66. The van der Waals surface area contributed by atoms with Crippen LogP contribution in [-0.2, 0) is 17.8 Å². The molecule has 1 unspecified atom stereocenters. The Labute approximate surface area is 279 Å². The Balaban J connectivity index is 1.24. The number of piperidine rings is 1. The standard InChI is InChI=1S/C32H41F5N10O2/c1-2-46-25(7-10-40-46)29(49)42-26(19-5-8-31(33,34)9-6-19)24-17-47-30(41-24)43-27(45-12-11-38-23(16-45)18-3-4-18)22(44-47)14-20-13-21(32(35,36)37)15-39-28(20)48/h7,10,17-21,23,26,38H,2-6,8-9,11-16H2,1H3,(H,39,48)(H,42,49)/t20-,21-,23?,26+/m1/s1. The van der Waals surface area contributed by atoms with Crippen LogP contribution in [0.5, 0.6) is 0 Å². The first-order valence-electron chi connectivity index (χ1n) is 17.2. The number of nitrogens with one attached hydrogen (secondary N) is 3. The van der Waals surface area contributed by atoms with E-state index in [1.165, 1.54) is 10.7 Å². The van der Waals surface area contributed by atoms with E-state index in [1.54, 1.807) is 16.9 Å². The molecule has 49 heavy (non-hydrogen) atoms. The minimum Gasteiger partial charge on any atom is -0.355 e. The van der Waals surface area contributed by atoms with Crippen LogP contribution in [0.1, 0.15) is 79.8 Å². The molecule has 3 aromatic heterocycles. The van der Waals surface area contributed by atoms with Crippen molar-refractivity contribution >= 4 is 23.4 Å². The van der Waals surface area contributed by atoms with Crippen LogP contribution in [0.25, 0.3) is 5.78 Å². The van der Waals surface area contributed by atoms with E-state index in [4.69, 9.17) is 15.1 Å². The number of nitrogens with zero attached hydrogens (tertiary/aromatic N) is 7. The summed E-state index contributed by atoms with van der Waals surface area (Å²) in [6.45, 7) is 3.74. The Morgan fingerprint density at radius 2 is 1.94 bits per heavy atom. The molecule has 2 aliphatic carbocycles. The third-order valence-electron chi connectivity index (χ3n) is 10.5. The number of carbonyl (C=O) groups is 2. The van der Waals surface area contributed by atoms with Gasteiger partial charge in [-0.15, -0.1) is 0 Å². The first-order chi connectivity index (χ1) is 23.4.